The van der Waals surface area contributed by atoms with Gasteiger partial charge in [0.25, 0.3) is 0 Å². The monoisotopic (exact) mass is 227 g/mol. The molecule has 1 heterocycles. The summed E-state index contributed by atoms with van der Waals surface area (Å²) in [6.07, 6.45) is 2.84. The quantitative estimate of drug-likeness (QED) is 0.673. The highest BCUT2D eigenvalue weighted by Gasteiger charge is 2.19. The fraction of sp³-hybridized carbons (Fsp3) is 0.917. The third-order valence-corrected chi connectivity index (χ3v) is 3.08. The summed E-state index contributed by atoms with van der Waals surface area (Å²) in [5, 5.41) is 3.07. The summed E-state index contributed by atoms with van der Waals surface area (Å²) < 4.78 is 0. The van der Waals surface area contributed by atoms with Gasteiger partial charge in [-0.25, -0.2) is 0 Å². The van der Waals surface area contributed by atoms with Gasteiger partial charge in [0.2, 0.25) is 5.91 Å². The third kappa shape index (κ3) is 4.49. The Bertz CT molecular complexity index is 200. The van der Waals surface area contributed by atoms with Crippen molar-refractivity contribution >= 4 is 5.91 Å². The predicted octanol–water partition coefficient (Wildman–Crippen LogP) is 0.540. The van der Waals surface area contributed by atoms with Crippen LogP contribution in [0.1, 0.15) is 26.2 Å². The summed E-state index contributed by atoms with van der Waals surface area (Å²) >= 11 is 0. The van der Waals surface area contributed by atoms with Gasteiger partial charge in [0.15, 0.2) is 0 Å². The first-order valence-electron chi connectivity index (χ1n) is 6.42. The molecule has 0 aliphatic carbocycles. The van der Waals surface area contributed by atoms with Gasteiger partial charge in [-0.2, -0.15) is 0 Å². The summed E-state index contributed by atoms with van der Waals surface area (Å²) in [6.45, 7) is 8.23. The minimum absolute atomic E-state index is 0.325. The first kappa shape index (κ1) is 13.5. The van der Waals surface area contributed by atoms with Gasteiger partial charge in [-0.15, -0.1) is 0 Å². The van der Waals surface area contributed by atoms with Crippen molar-refractivity contribution in [1.29, 1.82) is 0 Å². The Morgan fingerprint density at radius 1 is 1.25 bits per heavy atom. The number of amides is 1. The van der Waals surface area contributed by atoms with Crippen LogP contribution in [0.4, 0.5) is 0 Å². The molecule has 1 saturated heterocycles. The van der Waals surface area contributed by atoms with Crippen LogP contribution in [0, 0.1) is 0 Å². The van der Waals surface area contributed by atoms with Crippen LogP contribution < -0.4 is 5.32 Å². The van der Waals surface area contributed by atoms with Gasteiger partial charge in [0.1, 0.15) is 0 Å². The number of hydrogen-bond acceptors (Lipinski definition) is 3. The van der Waals surface area contributed by atoms with Gasteiger partial charge in [0.05, 0.1) is 0 Å². The SMILES string of the molecule is CCCN1CCN(C(=O)CCCNC)CC1. The van der Waals surface area contributed by atoms with E-state index in [0.29, 0.717) is 12.3 Å². The number of rotatable bonds is 6. The zero-order valence-electron chi connectivity index (χ0n) is 10.7. The lowest BCUT2D eigenvalue weighted by Gasteiger charge is -2.34. The van der Waals surface area contributed by atoms with Crippen molar-refractivity contribution in [2.24, 2.45) is 0 Å². The normalized spacial score (nSPS) is 17.8. The molecule has 0 unspecified atom stereocenters. The molecule has 1 fully saturated rings. The van der Waals surface area contributed by atoms with Gasteiger partial charge >= 0.3 is 0 Å². The molecule has 1 amide bonds. The van der Waals surface area contributed by atoms with E-state index in [2.05, 4.69) is 17.1 Å². The lowest BCUT2D eigenvalue weighted by atomic mass is 10.2. The Morgan fingerprint density at radius 2 is 1.94 bits per heavy atom. The molecule has 0 aromatic heterocycles. The Balaban J connectivity index is 2.17. The zero-order valence-corrected chi connectivity index (χ0v) is 10.7. The molecular weight excluding hydrogens is 202 g/mol. The van der Waals surface area contributed by atoms with Crippen molar-refractivity contribution in [3.05, 3.63) is 0 Å². The van der Waals surface area contributed by atoms with Gasteiger partial charge in [0, 0.05) is 32.6 Å². The highest BCUT2D eigenvalue weighted by molar-refractivity contribution is 5.76. The van der Waals surface area contributed by atoms with Gasteiger partial charge in [-0.1, -0.05) is 6.92 Å². The van der Waals surface area contributed by atoms with Crippen molar-refractivity contribution in [1.82, 2.24) is 15.1 Å². The minimum atomic E-state index is 0.325. The van der Waals surface area contributed by atoms with E-state index >= 15 is 0 Å². The molecule has 4 heteroatoms. The standard InChI is InChI=1S/C12H25N3O/c1-3-7-14-8-10-15(11-9-14)12(16)5-4-6-13-2/h13H,3-11H2,1-2H3. The third-order valence-electron chi connectivity index (χ3n) is 3.08. The topological polar surface area (TPSA) is 35.6 Å². The van der Waals surface area contributed by atoms with Crippen LogP contribution in [-0.4, -0.2) is 62.0 Å². The summed E-state index contributed by atoms with van der Waals surface area (Å²) in [6, 6.07) is 0. The number of hydrogen-bond donors (Lipinski definition) is 1. The lowest BCUT2D eigenvalue weighted by Crippen LogP contribution is -2.48. The van der Waals surface area contributed by atoms with Gasteiger partial charge in [-0.3, -0.25) is 9.69 Å². The largest absolute Gasteiger partial charge is 0.340 e. The van der Waals surface area contributed by atoms with E-state index in [1.165, 1.54) is 13.0 Å². The zero-order chi connectivity index (χ0) is 11.8. The van der Waals surface area contributed by atoms with Gasteiger partial charge in [-0.05, 0) is 33.0 Å². The Hall–Kier alpha value is -0.610. The van der Waals surface area contributed by atoms with E-state index in [4.69, 9.17) is 0 Å². The second-order valence-electron chi connectivity index (χ2n) is 4.43. The first-order valence-corrected chi connectivity index (χ1v) is 6.42. The molecule has 0 radical (unpaired) electrons. The predicted molar refractivity (Wildman–Crippen MR) is 66.5 cm³/mol. The molecule has 0 saturated carbocycles. The summed E-state index contributed by atoms with van der Waals surface area (Å²) in [5.41, 5.74) is 0. The van der Waals surface area contributed by atoms with Crippen LogP contribution in [0.25, 0.3) is 0 Å². The molecule has 4 nitrogen and oxygen atoms in total. The van der Waals surface area contributed by atoms with Crippen LogP contribution in [-0.2, 0) is 4.79 Å². The second kappa shape index (κ2) is 7.63. The fourth-order valence-electron chi connectivity index (χ4n) is 2.11. The smallest absolute Gasteiger partial charge is 0.222 e. The van der Waals surface area contributed by atoms with Gasteiger partial charge < -0.3 is 10.2 Å². The number of piperazine rings is 1. The molecular formula is C12H25N3O. The molecule has 1 aliphatic rings. The minimum Gasteiger partial charge on any atom is -0.340 e. The van der Waals surface area contributed by atoms with Crippen molar-refractivity contribution in [2.45, 2.75) is 26.2 Å². The van der Waals surface area contributed by atoms with E-state index in [9.17, 15) is 4.79 Å². The van der Waals surface area contributed by atoms with E-state index in [-0.39, 0.29) is 0 Å². The van der Waals surface area contributed by atoms with Crippen LogP contribution >= 0.6 is 0 Å². The van der Waals surface area contributed by atoms with Crippen LogP contribution in [0.15, 0.2) is 0 Å². The van der Waals surface area contributed by atoms with E-state index in [0.717, 1.165) is 39.1 Å². The van der Waals surface area contributed by atoms with Crippen LogP contribution in [0.5, 0.6) is 0 Å². The molecule has 16 heavy (non-hydrogen) atoms. The van der Waals surface area contributed by atoms with Crippen molar-refractivity contribution in [3.8, 4) is 0 Å². The number of nitrogens with one attached hydrogen (secondary N) is 1. The molecule has 1 aliphatic heterocycles. The first-order chi connectivity index (χ1) is 7.77. The Labute approximate surface area is 99.0 Å². The summed E-state index contributed by atoms with van der Waals surface area (Å²) in [5.74, 6) is 0.325. The molecule has 1 rings (SSSR count). The molecule has 0 aromatic rings. The fourth-order valence-corrected chi connectivity index (χ4v) is 2.11. The van der Waals surface area contributed by atoms with E-state index in [1.54, 1.807) is 0 Å². The highest BCUT2D eigenvalue weighted by Crippen LogP contribution is 2.05. The van der Waals surface area contributed by atoms with Crippen LogP contribution in [0.3, 0.4) is 0 Å². The molecule has 0 spiro atoms. The van der Waals surface area contributed by atoms with Crippen molar-refractivity contribution in [3.63, 3.8) is 0 Å². The second-order valence-corrected chi connectivity index (χ2v) is 4.43. The maximum Gasteiger partial charge on any atom is 0.222 e. The Kier molecular flexibility index (Phi) is 6.42. The molecule has 0 aromatic carbocycles. The molecule has 0 atom stereocenters. The van der Waals surface area contributed by atoms with Crippen LogP contribution in [0.2, 0.25) is 0 Å². The van der Waals surface area contributed by atoms with Crippen molar-refractivity contribution < 1.29 is 4.79 Å². The molecule has 0 bridgehead atoms. The number of carbonyl (C=O) groups is 1. The number of nitrogens with zero attached hydrogens (tertiary/aromatic N) is 2. The average Bonchev–Trinajstić information content (AvgIpc) is 2.30. The van der Waals surface area contributed by atoms with Crippen molar-refractivity contribution in [2.75, 3.05) is 46.3 Å². The Morgan fingerprint density at radius 3 is 2.50 bits per heavy atom. The maximum absolute atomic E-state index is 11.8. The maximum atomic E-state index is 11.8. The lowest BCUT2D eigenvalue weighted by molar-refractivity contribution is -0.133. The summed E-state index contributed by atoms with van der Waals surface area (Å²) in [7, 11) is 1.92. The number of carbonyl (C=O) groups excluding carboxylic acids is 1. The summed E-state index contributed by atoms with van der Waals surface area (Å²) in [4.78, 5) is 16.3. The average molecular weight is 227 g/mol. The molecule has 1 N–H and O–H groups in total. The van der Waals surface area contributed by atoms with E-state index < -0.39 is 0 Å². The highest BCUT2D eigenvalue weighted by atomic mass is 16.2. The molecule has 94 valence electrons. The van der Waals surface area contributed by atoms with E-state index in [1.807, 2.05) is 11.9 Å².